The van der Waals surface area contributed by atoms with Crippen molar-refractivity contribution < 1.29 is 24.2 Å². The highest BCUT2D eigenvalue weighted by Crippen LogP contribution is 2.40. The molecule has 9 heteroatoms. The molecule has 0 aromatic heterocycles. The minimum atomic E-state index is -2.76. The smallest absolute Gasteiger partial charge is 0.237 e. The maximum Gasteiger partial charge on any atom is 0.237 e. The van der Waals surface area contributed by atoms with Gasteiger partial charge in [-0.25, -0.2) is 0 Å². The van der Waals surface area contributed by atoms with E-state index in [4.69, 9.17) is 5.73 Å². The molecular formula is C24H40N3O5P. The molecule has 0 saturated heterocycles. The molecule has 1 saturated carbocycles. The molecule has 33 heavy (non-hydrogen) atoms. The molecule has 8 nitrogen and oxygen atoms in total. The van der Waals surface area contributed by atoms with Crippen LogP contribution in [0, 0.1) is 11.8 Å². The first kappa shape index (κ1) is 27.5. The molecule has 6 N–H and O–H groups in total. The topological polar surface area (TPSA) is 142 Å². The van der Waals surface area contributed by atoms with E-state index in [1.54, 1.807) is 0 Å². The molecule has 1 aliphatic rings. The van der Waals surface area contributed by atoms with Crippen LogP contribution in [0.25, 0.3) is 0 Å². The highest BCUT2D eigenvalue weighted by molar-refractivity contribution is 7.38. The highest BCUT2D eigenvalue weighted by Gasteiger charge is 2.30. The summed E-state index contributed by atoms with van der Waals surface area (Å²) in [5.74, 6) is -0.858. The van der Waals surface area contributed by atoms with Crippen LogP contribution in [-0.4, -0.2) is 52.7 Å². The minimum Gasteiger partial charge on any atom is -0.391 e. The predicted octanol–water partition coefficient (Wildman–Crippen LogP) is 1.98. The maximum absolute atomic E-state index is 12.6. The number of nitrogens with one attached hydrogen (secondary N) is 2. The average Bonchev–Trinajstić information content (AvgIpc) is 2.82. The first-order chi connectivity index (χ1) is 15.8. The van der Waals surface area contributed by atoms with Crippen LogP contribution >= 0.6 is 8.03 Å². The molecule has 1 aliphatic carbocycles. The van der Waals surface area contributed by atoms with Crippen molar-refractivity contribution in [1.82, 2.24) is 10.6 Å². The number of carbonyl (C=O) groups excluding carboxylic acids is 2. The largest absolute Gasteiger partial charge is 0.391 e. The van der Waals surface area contributed by atoms with Gasteiger partial charge in [0.2, 0.25) is 11.8 Å². The molecule has 0 aliphatic heterocycles. The highest BCUT2D eigenvalue weighted by atomic mass is 31.1. The van der Waals surface area contributed by atoms with Gasteiger partial charge >= 0.3 is 0 Å². The zero-order chi connectivity index (χ0) is 24.2. The third-order valence-electron chi connectivity index (χ3n) is 6.60. The Morgan fingerprint density at radius 2 is 1.73 bits per heavy atom. The number of hydrogen-bond acceptors (Lipinski definition) is 5. The molecule has 1 fully saturated rings. The summed E-state index contributed by atoms with van der Waals surface area (Å²) in [7, 11) is -2.76. The van der Waals surface area contributed by atoms with E-state index in [9.17, 15) is 24.2 Å². The summed E-state index contributed by atoms with van der Waals surface area (Å²) in [5.41, 5.74) is 6.55. The quantitative estimate of drug-likeness (QED) is 0.273. The minimum absolute atomic E-state index is 0.0230. The maximum atomic E-state index is 12.6. The van der Waals surface area contributed by atoms with Gasteiger partial charge in [-0.05, 0) is 43.6 Å². The monoisotopic (exact) mass is 481 g/mol. The molecule has 1 aromatic rings. The number of aliphatic hydroxyl groups excluding tert-OH is 1. The molecule has 0 spiro atoms. The molecule has 1 aromatic carbocycles. The standard InChI is InChI=1S/C24H40N3O5P/c1-2-18(15-26-24(30)21(25)13-17-9-5-3-6-10-17)23(29)27-16-20(28)14-22(33(31)32)19-11-7-4-8-12-19/h3,5-6,9-10,18-22,28,33H,2,4,7-8,11-16,25H2,1H3,(H,26,30)(H,27,29)(H,31,32)/t18-,20+,21-,22?/m0/s1. The molecule has 0 bridgehead atoms. The molecular weight excluding hydrogens is 441 g/mol. The lowest BCUT2D eigenvalue weighted by molar-refractivity contribution is -0.126. The van der Waals surface area contributed by atoms with E-state index in [1.165, 1.54) is 0 Å². The number of nitrogens with two attached hydrogens (primary N) is 1. The third-order valence-corrected chi connectivity index (χ3v) is 7.94. The summed E-state index contributed by atoms with van der Waals surface area (Å²) < 4.78 is 11.9. The Labute approximate surface area is 197 Å². The van der Waals surface area contributed by atoms with Crippen LogP contribution in [0.15, 0.2) is 30.3 Å². The Kier molecular flexibility index (Phi) is 12.1. The second-order valence-electron chi connectivity index (χ2n) is 9.12. The van der Waals surface area contributed by atoms with Gasteiger partial charge in [0.25, 0.3) is 0 Å². The normalized spacial score (nSPS) is 19.2. The van der Waals surface area contributed by atoms with Crippen molar-refractivity contribution in [2.75, 3.05) is 13.1 Å². The van der Waals surface area contributed by atoms with Gasteiger partial charge in [0.1, 0.15) is 0 Å². The molecule has 0 heterocycles. The molecule has 2 rings (SSSR count). The van der Waals surface area contributed by atoms with Crippen molar-refractivity contribution in [3.8, 4) is 0 Å². The van der Waals surface area contributed by atoms with Crippen LogP contribution in [0.3, 0.4) is 0 Å². The fourth-order valence-electron chi connectivity index (χ4n) is 4.51. The fourth-order valence-corrected chi connectivity index (χ4v) is 5.72. The Bertz CT molecular complexity index is 758. The van der Waals surface area contributed by atoms with Crippen molar-refractivity contribution >= 4 is 19.8 Å². The lowest BCUT2D eigenvalue weighted by Crippen LogP contribution is -2.46. The molecule has 2 unspecified atom stereocenters. The number of benzene rings is 1. The van der Waals surface area contributed by atoms with E-state index < -0.39 is 31.8 Å². The predicted molar refractivity (Wildman–Crippen MR) is 130 cm³/mol. The van der Waals surface area contributed by atoms with Gasteiger partial charge in [-0.2, -0.15) is 0 Å². The van der Waals surface area contributed by atoms with Crippen molar-refractivity contribution in [1.29, 1.82) is 0 Å². The van der Waals surface area contributed by atoms with E-state index in [0.29, 0.717) is 12.8 Å². The number of amides is 2. The summed E-state index contributed by atoms with van der Waals surface area (Å²) in [6.07, 6.45) is 5.37. The van der Waals surface area contributed by atoms with E-state index in [1.807, 2.05) is 37.3 Å². The van der Waals surface area contributed by atoms with Crippen molar-refractivity contribution in [3.05, 3.63) is 35.9 Å². The van der Waals surface area contributed by atoms with E-state index in [0.717, 1.165) is 37.7 Å². The lowest BCUT2D eigenvalue weighted by atomic mass is 9.85. The van der Waals surface area contributed by atoms with Crippen molar-refractivity contribution in [2.24, 2.45) is 17.6 Å². The van der Waals surface area contributed by atoms with Crippen molar-refractivity contribution in [3.63, 3.8) is 0 Å². The Morgan fingerprint density at radius 3 is 2.33 bits per heavy atom. The number of rotatable bonds is 13. The molecule has 186 valence electrons. The van der Waals surface area contributed by atoms with E-state index >= 15 is 0 Å². The summed E-state index contributed by atoms with van der Waals surface area (Å²) in [6.45, 7) is 2.04. The van der Waals surface area contributed by atoms with Crippen LogP contribution in [0.4, 0.5) is 0 Å². The fraction of sp³-hybridized carbons (Fsp3) is 0.667. The van der Waals surface area contributed by atoms with Crippen molar-refractivity contribution in [2.45, 2.75) is 76.1 Å². The zero-order valence-corrected chi connectivity index (χ0v) is 20.5. The van der Waals surface area contributed by atoms with E-state index in [2.05, 4.69) is 10.6 Å². The van der Waals surface area contributed by atoms with Gasteiger partial charge in [0.15, 0.2) is 8.03 Å². The zero-order valence-electron chi connectivity index (χ0n) is 19.5. The Balaban J connectivity index is 1.76. The van der Waals surface area contributed by atoms with Crippen LogP contribution in [0.1, 0.15) is 57.4 Å². The SMILES string of the molecule is CC[C@@H](CNC(=O)[C@@H](N)Cc1ccccc1)C(=O)NC[C@H](O)CC(C1CCCCC1)[PH](=O)O. The molecule has 0 radical (unpaired) electrons. The van der Waals surface area contributed by atoms with Gasteiger partial charge in [-0.3, -0.25) is 14.2 Å². The van der Waals surface area contributed by atoms with Gasteiger partial charge in [0, 0.05) is 18.7 Å². The number of hydrogen-bond donors (Lipinski definition) is 5. The van der Waals surface area contributed by atoms with Crippen LogP contribution in [0.2, 0.25) is 0 Å². The Morgan fingerprint density at radius 1 is 1.09 bits per heavy atom. The van der Waals surface area contributed by atoms with Crippen LogP contribution < -0.4 is 16.4 Å². The second-order valence-corrected chi connectivity index (χ2v) is 10.5. The van der Waals surface area contributed by atoms with Gasteiger partial charge in [-0.1, -0.05) is 56.5 Å². The lowest BCUT2D eigenvalue weighted by Gasteiger charge is -2.30. The van der Waals surface area contributed by atoms with E-state index in [-0.39, 0.29) is 37.2 Å². The number of carbonyl (C=O) groups is 2. The first-order valence-electron chi connectivity index (χ1n) is 12.1. The van der Waals surface area contributed by atoms with Gasteiger partial charge < -0.3 is 26.4 Å². The summed E-state index contributed by atoms with van der Waals surface area (Å²) in [5, 5.41) is 15.9. The Hall–Kier alpha value is -1.73. The van der Waals surface area contributed by atoms with Crippen LogP contribution in [-0.2, 0) is 20.6 Å². The second kappa shape index (κ2) is 14.5. The van der Waals surface area contributed by atoms with Gasteiger partial charge in [-0.15, -0.1) is 0 Å². The number of aliphatic hydroxyl groups is 1. The molecule has 2 amide bonds. The summed E-state index contributed by atoms with van der Waals surface area (Å²) >= 11 is 0. The molecule has 5 atom stereocenters. The third kappa shape index (κ3) is 9.57. The van der Waals surface area contributed by atoms with Gasteiger partial charge in [0.05, 0.1) is 18.1 Å². The summed E-state index contributed by atoms with van der Waals surface area (Å²) in [6, 6.07) is 8.80. The summed E-state index contributed by atoms with van der Waals surface area (Å²) in [4.78, 5) is 34.7. The first-order valence-corrected chi connectivity index (χ1v) is 13.5. The average molecular weight is 482 g/mol. The van der Waals surface area contributed by atoms with Crippen LogP contribution in [0.5, 0.6) is 0 Å².